The molecule has 9 nitrogen and oxygen atoms in total. The maximum absolute atomic E-state index is 11.7. The maximum atomic E-state index is 11.7. The maximum Gasteiger partial charge on any atom is 0.407 e. The summed E-state index contributed by atoms with van der Waals surface area (Å²) in [5.74, 6) is 0. The largest absolute Gasteiger partial charge is 0.444 e. The average molecular weight is 400 g/mol. The van der Waals surface area contributed by atoms with Crippen LogP contribution in [0, 0.1) is 11.3 Å². The zero-order valence-electron chi connectivity index (χ0n) is 18.2. The summed E-state index contributed by atoms with van der Waals surface area (Å²) in [5, 5.41) is 17.2. The first-order chi connectivity index (χ1) is 12.9. The molecule has 0 aromatic heterocycles. The van der Waals surface area contributed by atoms with Crippen LogP contribution in [-0.4, -0.2) is 74.1 Å². The molecule has 0 heterocycles. The van der Waals surface area contributed by atoms with Gasteiger partial charge in [-0.1, -0.05) is 0 Å². The molecule has 9 heteroatoms. The third-order valence-corrected chi connectivity index (χ3v) is 3.21. The number of carbonyl (C=O) groups excluding carboxylic acids is 2. The van der Waals surface area contributed by atoms with E-state index in [1.165, 1.54) is 0 Å². The van der Waals surface area contributed by atoms with Gasteiger partial charge >= 0.3 is 12.2 Å². The summed E-state index contributed by atoms with van der Waals surface area (Å²) in [6.45, 7) is 15.0. The summed E-state index contributed by atoms with van der Waals surface area (Å²) in [7, 11) is 0. The molecule has 0 bridgehead atoms. The lowest BCUT2D eigenvalue weighted by Gasteiger charge is -2.24. The molecule has 3 N–H and O–H groups in total. The van der Waals surface area contributed by atoms with Crippen LogP contribution in [0.3, 0.4) is 0 Å². The molecule has 0 saturated carbocycles. The van der Waals surface area contributed by atoms with Crippen LogP contribution in [0.25, 0.3) is 0 Å². The van der Waals surface area contributed by atoms with Crippen LogP contribution in [0.5, 0.6) is 0 Å². The number of amides is 2. The minimum atomic E-state index is -0.536. The van der Waals surface area contributed by atoms with E-state index in [0.717, 1.165) is 6.54 Å². The molecule has 0 spiro atoms. The molecule has 28 heavy (non-hydrogen) atoms. The third kappa shape index (κ3) is 17.4. The Morgan fingerprint density at radius 1 is 0.821 bits per heavy atom. The zero-order valence-corrected chi connectivity index (χ0v) is 18.2. The smallest absolute Gasteiger partial charge is 0.407 e. The second kappa shape index (κ2) is 13.2. The lowest BCUT2D eigenvalue weighted by molar-refractivity contribution is 0.0520. The fourth-order valence-corrected chi connectivity index (χ4v) is 2.10. The first kappa shape index (κ1) is 26.0. The standard InChI is InChI=1S/C19H37N5O4/c1-18(2,3)27-16(25)22-11-14-24(13-10-21-9-7-8-20)15-12-23-17(26)28-19(4,5)6/h21H,7,9-15H2,1-6H3,(H,22,25)(H,23,26). The highest BCUT2D eigenvalue weighted by molar-refractivity contribution is 5.68. The summed E-state index contributed by atoms with van der Waals surface area (Å²) in [6, 6.07) is 2.09. The third-order valence-electron chi connectivity index (χ3n) is 3.21. The lowest BCUT2D eigenvalue weighted by Crippen LogP contribution is -2.43. The summed E-state index contributed by atoms with van der Waals surface area (Å²) in [4.78, 5) is 25.6. The van der Waals surface area contributed by atoms with Crippen molar-refractivity contribution in [3.63, 3.8) is 0 Å². The van der Waals surface area contributed by atoms with Crippen molar-refractivity contribution in [1.29, 1.82) is 5.26 Å². The molecule has 0 aromatic rings. The Hall–Kier alpha value is -2.05. The van der Waals surface area contributed by atoms with Crippen LogP contribution >= 0.6 is 0 Å². The monoisotopic (exact) mass is 399 g/mol. The summed E-state index contributed by atoms with van der Waals surface area (Å²) in [5.41, 5.74) is -1.07. The minimum Gasteiger partial charge on any atom is -0.444 e. The van der Waals surface area contributed by atoms with Crippen LogP contribution in [-0.2, 0) is 9.47 Å². The van der Waals surface area contributed by atoms with Crippen molar-refractivity contribution in [1.82, 2.24) is 20.9 Å². The highest BCUT2D eigenvalue weighted by Gasteiger charge is 2.17. The molecular formula is C19H37N5O4. The fourth-order valence-electron chi connectivity index (χ4n) is 2.10. The number of ether oxygens (including phenoxy) is 2. The van der Waals surface area contributed by atoms with Crippen molar-refractivity contribution in [2.45, 2.75) is 59.2 Å². The Balaban J connectivity index is 4.32. The fraction of sp³-hybridized carbons (Fsp3) is 0.842. The van der Waals surface area contributed by atoms with Crippen molar-refractivity contribution in [2.75, 3.05) is 45.8 Å². The number of nitriles is 1. The molecule has 0 atom stereocenters. The topological polar surface area (TPSA) is 116 Å². The van der Waals surface area contributed by atoms with Crippen molar-refractivity contribution >= 4 is 12.2 Å². The van der Waals surface area contributed by atoms with Crippen LogP contribution in [0.2, 0.25) is 0 Å². The van der Waals surface area contributed by atoms with Crippen LogP contribution in [0.15, 0.2) is 0 Å². The van der Waals surface area contributed by atoms with E-state index in [-0.39, 0.29) is 0 Å². The Morgan fingerprint density at radius 3 is 1.64 bits per heavy atom. The van der Waals surface area contributed by atoms with Crippen molar-refractivity contribution < 1.29 is 19.1 Å². The van der Waals surface area contributed by atoms with Crippen LogP contribution in [0.4, 0.5) is 9.59 Å². The molecule has 0 aliphatic rings. The summed E-state index contributed by atoms with van der Waals surface area (Å²) < 4.78 is 10.4. The predicted octanol–water partition coefficient (Wildman–Crippen LogP) is 1.84. The van der Waals surface area contributed by atoms with Crippen LogP contribution < -0.4 is 16.0 Å². The van der Waals surface area contributed by atoms with Crippen LogP contribution in [0.1, 0.15) is 48.0 Å². The molecule has 0 radical (unpaired) electrons. The minimum absolute atomic E-state index is 0.430. The van der Waals surface area contributed by atoms with Gasteiger partial charge in [0, 0.05) is 52.2 Å². The first-order valence-corrected chi connectivity index (χ1v) is 9.66. The molecule has 0 aliphatic carbocycles. The van der Waals surface area contributed by atoms with E-state index in [0.29, 0.717) is 45.7 Å². The Morgan fingerprint density at radius 2 is 1.25 bits per heavy atom. The normalized spacial score (nSPS) is 11.6. The molecule has 0 unspecified atom stereocenters. The van der Waals surface area contributed by atoms with E-state index in [1.54, 1.807) is 0 Å². The Kier molecular flexibility index (Phi) is 12.2. The quantitative estimate of drug-likeness (QED) is 0.454. The molecule has 2 amide bonds. The Labute approximate surface area is 169 Å². The second-order valence-electron chi connectivity index (χ2n) is 8.36. The highest BCUT2D eigenvalue weighted by Crippen LogP contribution is 2.07. The molecule has 0 aromatic carbocycles. The zero-order chi connectivity index (χ0) is 21.6. The van der Waals surface area contributed by atoms with E-state index in [9.17, 15) is 9.59 Å². The van der Waals surface area contributed by atoms with Gasteiger partial charge in [0.25, 0.3) is 0 Å². The number of carbonyl (C=O) groups is 2. The summed E-state index contributed by atoms with van der Waals surface area (Å²) >= 11 is 0. The van der Waals surface area contributed by atoms with Gasteiger partial charge in [0.05, 0.1) is 6.07 Å². The average Bonchev–Trinajstić information content (AvgIpc) is 2.50. The number of nitrogens with one attached hydrogen (secondary N) is 3. The molecule has 162 valence electrons. The van der Waals surface area contributed by atoms with Crippen molar-refractivity contribution in [3.05, 3.63) is 0 Å². The van der Waals surface area contributed by atoms with Gasteiger partial charge in [0.15, 0.2) is 0 Å². The predicted molar refractivity (Wildman–Crippen MR) is 108 cm³/mol. The number of rotatable bonds is 11. The highest BCUT2D eigenvalue weighted by atomic mass is 16.6. The number of alkyl carbamates (subject to hydrolysis) is 2. The van der Waals surface area contributed by atoms with Crippen molar-refractivity contribution in [2.24, 2.45) is 0 Å². The van der Waals surface area contributed by atoms with Gasteiger partial charge in [-0.05, 0) is 41.5 Å². The van der Waals surface area contributed by atoms with Crippen molar-refractivity contribution in [3.8, 4) is 6.07 Å². The molecule has 0 aliphatic heterocycles. The van der Waals surface area contributed by atoms with Gasteiger partial charge < -0.3 is 25.4 Å². The number of hydrogen-bond acceptors (Lipinski definition) is 7. The summed E-state index contributed by atoms with van der Waals surface area (Å²) in [6.07, 6.45) is -0.446. The van der Waals surface area contributed by atoms with E-state index < -0.39 is 23.4 Å². The number of nitrogens with zero attached hydrogens (tertiary/aromatic N) is 2. The molecular weight excluding hydrogens is 362 g/mol. The van der Waals surface area contributed by atoms with E-state index >= 15 is 0 Å². The first-order valence-electron chi connectivity index (χ1n) is 9.66. The molecule has 0 rings (SSSR count). The van der Waals surface area contributed by atoms with E-state index in [4.69, 9.17) is 14.7 Å². The van der Waals surface area contributed by atoms with E-state index in [1.807, 2.05) is 41.5 Å². The van der Waals surface area contributed by atoms with Gasteiger partial charge in [-0.25, -0.2) is 9.59 Å². The number of hydrogen-bond donors (Lipinski definition) is 3. The van der Waals surface area contributed by atoms with E-state index in [2.05, 4.69) is 26.9 Å². The lowest BCUT2D eigenvalue weighted by atomic mass is 10.2. The SMILES string of the molecule is CC(C)(C)OC(=O)NCCN(CCNCCC#N)CCNC(=O)OC(C)(C)C. The van der Waals surface area contributed by atoms with Gasteiger partial charge in [-0.3, -0.25) is 4.90 Å². The second-order valence-corrected chi connectivity index (χ2v) is 8.36. The van der Waals surface area contributed by atoms with Gasteiger partial charge in [-0.2, -0.15) is 5.26 Å². The molecule has 0 fully saturated rings. The van der Waals surface area contributed by atoms with Gasteiger partial charge in [0.1, 0.15) is 11.2 Å². The van der Waals surface area contributed by atoms with Gasteiger partial charge in [0.2, 0.25) is 0 Å². The van der Waals surface area contributed by atoms with Gasteiger partial charge in [-0.15, -0.1) is 0 Å². The molecule has 0 saturated heterocycles. The Bertz CT molecular complexity index is 472.